The molecular formula is C12H7Br2Cl2N3S2. The van der Waals surface area contributed by atoms with Crippen molar-refractivity contribution in [3.63, 3.8) is 0 Å². The van der Waals surface area contributed by atoms with Crippen molar-refractivity contribution >= 4 is 95.1 Å². The highest BCUT2D eigenvalue weighted by molar-refractivity contribution is 9.10. The van der Waals surface area contributed by atoms with Crippen LogP contribution in [0.1, 0.15) is 0 Å². The summed E-state index contributed by atoms with van der Waals surface area (Å²) in [6, 6.07) is 7.29. The van der Waals surface area contributed by atoms with Crippen LogP contribution in [0.2, 0.25) is 10.0 Å². The zero-order valence-corrected chi connectivity index (χ0v) is 16.5. The first-order valence-corrected chi connectivity index (χ1v) is 8.96. The Morgan fingerprint density at radius 1 is 1.05 bits per heavy atom. The Morgan fingerprint density at radius 2 is 1.67 bits per heavy atom. The van der Waals surface area contributed by atoms with Gasteiger partial charge in [-0.25, -0.2) is 0 Å². The molecule has 0 unspecified atom stereocenters. The fourth-order valence-corrected chi connectivity index (χ4v) is 3.53. The molecule has 0 spiro atoms. The number of hydrogen-bond donors (Lipinski definition) is 2. The summed E-state index contributed by atoms with van der Waals surface area (Å²) >= 11 is 23.7. The van der Waals surface area contributed by atoms with Gasteiger partial charge in [0, 0.05) is 19.5 Å². The molecule has 0 saturated carbocycles. The summed E-state index contributed by atoms with van der Waals surface area (Å²) in [5.41, 5.74) is 6.95. The van der Waals surface area contributed by atoms with Gasteiger partial charge in [-0.1, -0.05) is 27.7 Å². The first-order chi connectivity index (χ1) is 9.91. The second-order valence-electron chi connectivity index (χ2n) is 3.78. The van der Waals surface area contributed by atoms with E-state index in [1.54, 1.807) is 12.1 Å². The van der Waals surface area contributed by atoms with Gasteiger partial charge in [-0.15, -0.1) is 17.7 Å². The Labute approximate surface area is 157 Å². The fraction of sp³-hybridized carbons (Fsp3) is 0. The zero-order chi connectivity index (χ0) is 15.6. The highest BCUT2D eigenvalue weighted by Crippen LogP contribution is 2.33. The lowest BCUT2D eigenvalue weighted by Crippen LogP contribution is -1.86. The van der Waals surface area contributed by atoms with Crippen LogP contribution >= 0.6 is 79.2 Å². The van der Waals surface area contributed by atoms with Crippen LogP contribution in [0.4, 0.5) is 5.69 Å². The van der Waals surface area contributed by atoms with E-state index in [-0.39, 0.29) is 0 Å². The molecule has 0 atom stereocenters. The zero-order valence-electron chi connectivity index (χ0n) is 10.1. The maximum absolute atomic E-state index is 5.95. The third kappa shape index (κ3) is 4.03. The van der Waals surface area contributed by atoms with E-state index in [1.165, 1.54) is 11.5 Å². The van der Waals surface area contributed by atoms with Crippen LogP contribution in [0.5, 0.6) is 0 Å². The number of benzene rings is 2. The molecule has 0 amide bonds. The number of anilines is 1. The lowest BCUT2D eigenvalue weighted by atomic mass is 10.3. The number of aromatic nitrogens is 2. The molecule has 3 nitrogen and oxygen atoms in total. The van der Waals surface area contributed by atoms with Gasteiger partial charge in [-0.2, -0.15) is 0 Å². The predicted molar refractivity (Wildman–Crippen MR) is 101 cm³/mol. The van der Waals surface area contributed by atoms with Crippen LogP contribution in [0, 0.1) is 0 Å². The van der Waals surface area contributed by atoms with E-state index in [9.17, 15) is 0 Å². The SMILES string of the molecule is Clc1c(Br)ccc2nnsc12.Nc1ccc(Br)c(Cl)c1S. The smallest absolute Gasteiger partial charge is 0.107 e. The monoisotopic (exact) mass is 485 g/mol. The Kier molecular flexibility index (Phi) is 6.16. The number of nitrogens with zero attached hydrogens (tertiary/aromatic N) is 2. The van der Waals surface area contributed by atoms with E-state index in [2.05, 4.69) is 54.1 Å². The number of nitrogen functional groups attached to an aromatic ring is 1. The molecule has 0 aliphatic rings. The molecule has 1 aromatic heterocycles. The Bertz CT molecular complexity index is 769. The van der Waals surface area contributed by atoms with Crippen LogP contribution < -0.4 is 5.73 Å². The predicted octanol–water partition coefficient (Wildman–Crippen LogP) is 6.08. The Hall–Kier alpha value is -0.0500. The molecule has 0 bridgehead atoms. The lowest BCUT2D eigenvalue weighted by molar-refractivity contribution is 1.20. The number of rotatable bonds is 0. The van der Waals surface area contributed by atoms with Crippen LogP contribution in [0.25, 0.3) is 10.2 Å². The van der Waals surface area contributed by atoms with Gasteiger partial charge in [-0.05, 0) is 67.7 Å². The summed E-state index contributed by atoms with van der Waals surface area (Å²) in [4.78, 5) is 0.621. The minimum absolute atomic E-state index is 0.559. The van der Waals surface area contributed by atoms with Crippen molar-refractivity contribution in [2.75, 3.05) is 5.73 Å². The highest BCUT2D eigenvalue weighted by atomic mass is 79.9. The van der Waals surface area contributed by atoms with E-state index in [0.717, 1.165) is 19.2 Å². The summed E-state index contributed by atoms with van der Waals surface area (Å²) in [6.45, 7) is 0. The molecule has 2 aromatic carbocycles. The van der Waals surface area contributed by atoms with Crippen molar-refractivity contribution in [3.8, 4) is 0 Å². The fourth-order valence-electron chi connectivity index (χ4n) is 1.35. The summed E-state index contributed by atoms with van der Waals surface area (Å²) in [6.07, 6.45) is 0. The number of thiol groups is 1. The van der Waals surface area contributed by atoms with Gasteiger partial charge in [0.15, 0.2) is 0 Å². The maximum atomic E-state index is 5.95. The van der Waals surface area contributed by atoms with E-state index in [0.29, 0.717) is 20.6 Å². The molecule has 0 radical (unpaired) electrons. The van der Waals surface area contributed by atoms with Crippen molar-refractivity contribution in [1.29, 1.82) is 0 Å². The molecule has 3 rings (SSSR count). The molecule has 1 heterocycles. The Balaban J connectivity index is 0.000000155. The van der Waals surface area contributed by atoms with Crippen LogP contribution in [0.15, 0.2) is 38.1 Å². The highest BCUT2D eigenvalue weighted by Gasteiger charge is 2.05. The van der Waals surface area contributed by atoms with E-state index in [4.69, 9.17) is 28.9 Å². The third-order valence-electron chi connectivity index (χ3n) is 2.41. The molecule has 0 saturated heterocycles. The van der Waals surface area contributed by atoms with E-state index in [1.807, 2.05) is 12.1 Å². The minimum Gasteiger partial charge on any atom is -0.398 e. The normalized spacial score (nSPS) is 10.3. The van der Waals surface area contributed by atoms with Crippen LogP contribution in [0.3, 0.4) is 0 Å². The molecule has 9 heteroatoms. The topological polar surface area (TPSA) is 51.8 Å². The van der Waals surface area contributed by atoms with E-state index >= 15 is 0 Å². The summed E-state index contributed by atoms with van der Waals surface area (Å²) in [7, 11) is 0. The quantitative estimate of drug-likeness (QED) is 0.298. The number of halogens is 4. The number of nitrogens with two attached hydrogens (primary N) is 1. The van der Waals surface area contributed by atoms with Gasteiger partial charge < -0.3 is 5.73 Å². The standard InChI is InChI=1S/C6H2BrClN2S.C6H5BrClNS/c7-3-1-2-4-6(5(3)8)11-10-9-4;7-3-1-2-4(9)6(10)5(3)8/h1-2H;1-2,10H,9H2. The summed E-state index contributed by atoms with van der Waals surface area (Å²) < 4.78 is 6.42. The van der Waals surface area contributed by atoms with Gasteiger partial charge >= 0.3 is 0 Å². The van der Waals surface area contributed by atoms with Crippen molar-refractivity contribution in [3.05, 3.63) is 43.3 Å². The second kappa shape index (κ2) is 7.48. The van der Waals surface area contributed by atoms with Crippen molar-refractivity contribution in [1.82, 2.24) is 9.59 Å². The molecule has 0 aliphatic heterocycles. The van der Waals surface area contributed by atoms with Gasteiger partial charge in [-0.3, -0.25) is 0 Å². The first kappa shape index (κ1) is 17.3. The van der Waals surface area contributed by atoms with Crippen LogP contribution in [-0.4, -0.2) is 9.59 Å². The molecule has 0 fully saturated rings. The summed E-state index contributed by atoms with van der Waals surface area (Å²) in [5, 5.41) is 5.13. The Morgan fingerprint density at radius 3 is 2.33 bits per heavy atom. The van der Waals surface area contributed by atoms with Crippen LogP contribution in [-0.2, 0) is 0 Å². The average molecular weight is 488 g/mol. The van der Waals surface area contributed by atoms with Gasteiger partial charge in [0.2, 0.25) is 0 Å². The van der Waals surface area contributed by atoms with Gasteiger partial charge in [0.1, 0.15) is 5.52 Å². The molecule has 21 heavy (non-hydrogen) atoms. The third-order valence-corrected chi connectivity index (χ3v) is 6.46. The van der Waals surface area contributed by atoms with Gasteiger partial charge in [0.25, 0.3) is 0 Å². The lowest BCUT2D eigenvalue weighted by Gasteiger charge is -2.01. The van der Waals surface area contributed by atoms with Crippen molar-refractivity contribution in [2.45, 2.75) is 4.90 Å². The minimum atomic E-state index is 0.559. The second-order valence-corrected chi connectivity index (χ2v) is 7.45. The summed E-state index contributed by atoms with van der Waals surface area (Å²) in [5.74, 6) is 0. The van der Waals surface area contributed by atoms with Gasteiger partial charge in [0.05, 0.1) is 14.7 Å². The number of fused-ring (bicyclic) bond motifs is 1. The van der Waals surface area contributed by atoms with E-state index < -0.39 is 0 Å². The molecule has 3 aromatic rings. The maximum Gasteiger partial charge on any atom is 0.107 e. The molecule has 0 aliphatic carbocycles. The van der Waals surface area contributed by atoms with Crippen molar-refractivity contribution < 1.29 is 0 Å². The average Bonchev–Trinajstić information content (AvgIpc) is 2.95. The largest absolute Gasteiger partial charge is 0.398 e. The van der Waals surface area contributed by atoms with Crippen molar-refractivity contribution in [2.24, 2.45) is 0 Å². The first-order valence-electron chi connectivity index (χ1n) is 5.40. The number of hydrogen-bond acceptors (Lipinski definition) is 5. The molecular weight excluding hydrogens is 481 g/mol. The molecule has 2 N–H and O–H groups in total. The molecule has 110 valence electrons.